The second kappa shape index (κ2) is 13.2. The Balaban J connectivity index is 0.00000256. The summed E-state index contributed by atoms with van der Waals surface area (Å²) in [7, 11) is -3.24. The molecular formula is C22H26FN2Na2O4P. The van der Waals surface area contributed by atoms with Crippen molar-refractivity contribution in [1.29, 1.82) is 0 Å². The molecule has 0 aliphatic rings. The van der Waals surface area contributed by atoms with E-state index in [2.05, 4.69) is 4.98 Å². The SMILES string of the molecule is Cc1nc(-c2ccccc2O[PH](=O)O)n(CCc2cccc(F)c2)c(=O)c1C(C)C.[NaH].[NaH]. The van der Waals surface area contributed by atoms with Crippen LogP contribution in [-0.2, 0) is 17.5 Å². The molecule has 3 aromatic rings. The summed E-state index contributed by atoms with van der Waals surface area (Å²) < 4.78 is 31.5. The van der Waals surface area contributed by atoms with E-state index in [1.165, 1.54) is 16.7 Å². The van der Waals surface area contributed by atoms with Crippen molar-refractivity contribution >= 4 is 67.4 Å². The molecule has 0 saturated heterocycles. The van der Waals surface area contributed by atoms with Crippen molar-refractivity contribution in [1.82, 2.24) is 9.55 Å². The van der Waals surface area contributed by atoms with Gasteiger partial charge in [-0.25, -0.2) is 13.9 Å². The van der Waals surface area contributed by atoms with E-state index in [-0.39, 0.29) is 88.7 Å². The molecule has 0 aliphatic carbocycles. The van der Waals surface area contributed by atoms with Crippen LogP contribution in [0.2, 0.25) is 0 Å². The summed E-state index contributed by atoms with van der Waals surface area (Å²) in [4.78, 5) is 27.3. The Kier molecular flexibility index (Phi) is 12.1. The van der Waals surface area contributed by atoms with Gasteiger partial charge in [-0.1, -0.05) is 38.1 Å². The summed E-state index contributed by atoms with van der Waals surface area (Å²) >= 11 is 0. The number of hydrogen-bond donors (Lipinski definition) is 1. The average Bonchev–Trinajstić information content (AvgIpc) is 2.66. The molecule has 1 aromatic heterocycles. The van der Waals surface area contributed by atoms with Crippen molar-refractivity contribution in [3.8, 4) is 17.1 Å². The normalized spacial score (nSPS) is 11.4. The van der Waals surface area contributed by atoms with Crippen LogP contribution in [0.25, 0.3) is 11.4 Å². The predicted molar refractivity (Wildman–Crippen MR) is 129 cm³/mol. The van der Waals surface area contributed by atoms with Crippen LogP contribution in [0.4, 0.5) is 4.39 Å². The Morgan fingerprint density at radius 3 is 2.47 bits per heavy atom. The van der Waals surface area contributed by atoms with Gasteiger partial charge in [0.05, 0.1) is 5.56 Å². The summed E-state index contributed by atoms with van der Waals surface area (Å²) in [5, 5.41) is 0. The zero-order chi connectivity index (χ0) is 21.8. The fourth-order valence-electron chi connectivity index (χ4n) is 3.52. The zero-order valence-electron chi connectivity index (χ0n) is 17.1. The van der Waals surface area contributed by atoms with Crippen LogP contribution in [0.3, 0.4) is 0 Å². The molecule has 32 heavy (non-hydrogen) atoms. The van der Waals surface area contributed by atoms with Crippen molar-refractivity contribution in [3.63, 3.8) is 0 Å². The number of nitrogens with zero attached hydrogens (tertiary/aromatic N) is 2. The molecule has 0 bridgehead atoms. The van der Waals surface area contributed by atoms with Gasteiger partial charge in [-0.15, -0.1) is 0 Å². The van der Waals surface area contributed by atoms with Crippen LogP contribution in [0, 0.1) is 12.7 Å². The van der Waals surface area contributed by atoms with Crippen molar-refractivity contribution in [2.24, 2.45) is 0 Å². The van der Waals surface area contributed by atoms with Gasteiger partial charge in [0.1, 0.15) is 17.4 Å². The van der Waals surface area contributed by atoms with Crippen LogP contribution >= 0.6 is 8.25 Å². The first-order chi connectivity index (χ1) is 14.3. The van der Waals surface area contributed by atoms with Crippen molar-refractivity contribution in [3.05, 3.63) is 81.5 Å². The number of hydrogen-bond acceptors (Lipinski definition) is 4. The van der Waals surface area contributed by atoms with Crippen LogP contribution in [0.15, 0.2) is 53.3 Å². The number of aromatic nitrogens is 2. The van der Waals surface area contributed by atoms with Crippen LogP contribution in [0.5, 0.6) is 5.75 Å². The first-order valence-corrected chi connectivity index (χ1v) is 10.9. The molecule has 6 nitrogen and oxygen atoms in total. The molecule has 0 radical (unpaired) electrons. The molecule has 3 rings (SSSR count). The van der Waals surface area contributed by atoms with E-state index >= 15 is 0 Å². The van der Waals surface area contributed by atoms with Crippen molar-refractivity contribution in [2.75, 3.05) is 0 Å². The molecule has 0 saturated carbocycles. The third kappa shape index (κ3) is 7.12. The van der Waals surface area contributed by atoms with Crippen LogP contribution < -0.4 is 10.1 Å². The quantitative estimate of drug-likeness (QED) is 0.417. The molecule has 1 unspecified atom stereocenters. The second-order valence-corrected chi connectivity index (χ2v) is 8.03. The van der Waals surface area contributed by atoms with Gasteiger partial charge in [0.25, 0.3) is 5.56 Å². The zero-order valence-corrected chi connectivity index (χ0v) is 18.1. The van der Waals surface area contributed by atoms with E-state index in [4.69, 9.17) is 4.52 Å². The van der Waals surface area contributed by atoms with E-state index < -0.39 is 8.25 Å². The summed E-state index contributed by atoms with van der Waals surface area (Å²) in [5.41, 5.74) is 2.21. The molecule has 162 valence electrons. The Morgan fingerprint density at radius 1 is 1.16 bits per heavy atom. The second-order valence-electron chi connectivity index (χ2n) is 7.29. The number of aryl methyl sites for hydroxylation is 2. The van der Waals surface area contributed by atoms with Gasteiger partial charge in [0, 0.05) is 17.8 Å². The van der Waals surface area contributed by atoms with E-state index in [1.807, 2.05) is 13.8 Å². The average molecular weight is 478 g/mol. The minimum atomic E-state index is -3.24. The molecule has 10 heteroatoms. The van der Waals surface area contributed by atoms with Gasteiger partial charge in [0.15, 0.2) is 0 Å². The maximum absolute atomic E-state index is 13.6. The third-order valence-corrected chi connectivity index (χ3v) is 5.20. The Labute approximate surface area is 231 Å². The standard InChI is InChI=1S/C22H24FN2O4P.2Na.2H/c1-14(2)20-15(3)24-21(18-9-4-5-10-19(18)29-30(27)28)25(22(20)26)12-11-16-7-6-8-17(23)13-16;;;;/h4-10,13-14,30H,11-12H2,1-3H3,(H,27,28);;;;. The van der Waals surface area contributed by atoms with Gasteiger partial charge < -0.3 is 9.42 Å². The summed E-state index contributed by atoms with van der Waals surface area (Å²) in [5.74, 6) is 0.154. The summed E-state index contributed by atoms with van der Waals surface area (Å²) in [6.07, 6.45) is 0.423. The van der Waals surface area contributed by atoms with E-state index in [0.29, 0.717) is 29.1 Å². The first-order valence-electron chi connectivity index (χ1n) is 9.64. The Bertz CT molecular complexity index is 1160. The fourth-order valence-corrected chi connectivity index (χ4v) is 3.89. The number of rotatable bonds is 7. The van der Waals surface area contributed by atoms with Gasteiger partial charge in [-0.05, 0) is 49.1 Å². The fraction of sp³-hybridized carbons (Fsp3) is 0.273. The number of para-hydroxylation sites is 1. The van der Waals surface area contributed by atoms with Crippen molar-refractivity contribution in [2.45, 2.75) is 39.7 Å². The van der Waals surface area contributed by atoms with E-state index in [9.17, 15) is 18.6 Å². The molecule has 1 atom stereocenters. The summed E-state index contributed by atoms with van der Waals surface area (Å²) in [6.45, 7) is 5.90. The van der Waals surface area contributed by atoms with Gasteiger partial charge in [0.2, 0.25) is 0 Å². The molecule has 0 amide bonds. The van der Waals surface area contributed by atoms with Crippen LogP contribution in [0.1, 0.15) is 36.6 Å². The molecule has 1 heterocycles. The van der Waals surface area contributed by atoms with Crippen LogP contribution in [-0.4, -0.2) is 73.6 Å². The molecule has 0 fully saturated rings. The minimum absolute atomic E-state index is 0. The topological polar surface area (TPSA) is 81.4 Å². The monoisotopic (exact) mass is 478 g/mol. The van der Waals surface area contributed by atoms with Gasteiger partial charge >= 0.3 is 67.4 Å². The van der Waals surface area contributed by atoms with Gasteiger partial charge in [-0.3, -0.25) is 9.36 Å². The van der Waals surface area contributed by atoms with Gasteiger partial charge in [-0.2, -0.15) is 0 Å². The number of benzene rings is 2. The molecular weight excluding hydrogens is 452 g/mol. The van der Waals surface area contributed by atoms with Crippen molar-refractivity contribution < 1.29 is 18.4 Å². The molecule has 0 aliphatic heterocycles. The summed E-state index contributed by atoms with van der Waals surface area (Å²) in [6, 6.07) is 12.9. The number of halogens is 1. The first kappa shape index (κ1) is 29.3. The predicted octanol–water partition coefficient (Wildman–Crippen LogP) is 3.19. The Hall–Kier alpha value is -0.760. The van der Waals surface area contributed by atoms with E-state index in [0.717, 1.165) is 5.56 Å². The van der Waals surface area contributed by atoms with E-state index in [1.54, 1.807) is 43.3 Å². The molecule has 1 N–H and O–H groups in total. The molecule has 0 spiro atoms. The third-order valence-electron chi connectivity index (χ3n) is 4.81. The maximum atomic E-state index is 13.6. The Morgan fingerprint density at radius 2 is 1.84 bits per heavy atom. The molecule has 2 aromatic carbocycles.